The number of H-pyrrole nitrogens is 1. The van der Waals surface area contributed by atoms with E-state index in [0.29, 0.717) is 23.7 Å². The fourth-order valence-electron chi connectivity index (χ4n) is 3.37. The second-order valence-electron chi connectivity index (χ2n) is 5.86. The number of aromatic nitrogens is 3. The first kappa shape index (κ1) is 12.8. The van der Waals surface area contributed by atoms with E-state index in [1.165, 1.54) is 25.0 Å². The smallest absolute Gasteiger partial charge is 0.245 e. The molecule has 4 rings (SSSR count). The van der Waals surface area contributed by atoms with Gasteiger partial charge in [0.05, 0.1) is 0 Å². The van der Waals surface area contributed by atoms with Crippen molar-refractivity contribution in [2.45, 2.75) is 18.9 Å². The van der Waals surface area contributed by atoms with Gasteiger partial charge in [-0.25, -0.2) is 4.39 Å². The third-order valence-corrected chi connectivity index (χ3v) is 4.45. The van der Waals surface area contributed by atoms with Gasteiger partial charge in [-0.3, -0.25) is 5.10 Å². The maximum atomic E-state index is 13.3. The van der Waals surface area contributed by atoms with Crippen LogP contribution in [0.15, 0.2) is 24.3 Å². The molecule has 0 bridgehead atoms. The first-order valence-electron chi connectivity index (χ1n) is 7.46. The van der Waals surface area contributed by atoms with E-state index in [0.717, 1.165) is 25.2 Å². The summed E-state index contributed by atoms with van der Waals surface area (Å²) in [6, 6.07) is 6.96. The lowest BCUT2D eigenvalue weighted by molar-refractivity contribution is 0.340. The van der Waals surface area contributed by atoms with Crippen molar-refractivity contribution in [3.05, 3.63) is 30.1 Å². The predicted octanol–water partition coefficient (Wildman–Crippen LogP) is 1.80. The molecule has 2 aliphatic rings. The number of halogens is 1. The van der Waals surface area contributed by atoms with Gasteiger partial charge in [0, 0.05) is 24.7 Å². The second kappa shape index (κ2) is 5.11. The molecular formula is C15H18FN5. The molecule has 3 heterocycles. The number of rotatable bonds is 2. The van der Waals surface area contributed by atoms with Gasteiger partial charge >= 0.3 is 0 Å². The Morgan fingerprint density at radius 3 is 3.10 bits per heavy atom. The van der Waals surface area contributed by atoms with Crippen molar-refractivity contribution in [3.8, 4) is 11.4 Å². The van der Waals surface area contributed by atoms with Crippen molar-refractivity contribution in [2.75, 3.05) is 24.5 Å². The van der Waals surface area contributed by atoms with Crippen LogP contribution < -0.4 is 10.2 Å². The van der Waals surface area contributed by atoms with Gasteiger partial charge in [0.2, 0.25) is 5.95 Å². The normalized spacial score (nSPS) is 25.1. The molecule has 2 N–H and O–H groups in total. The number of hydrogen-bond acceptors (Lipinski definition) is 4. The predicted molar refractivity (Wildman–Crippen MR) is 78.5 cm³/mol. The summed E-state index contributed by atoms with van der Waals surface area (Å²) >= 11 is 0. The molecule has 2 saturated heterocycles. The van der Waals surface area contributed by atoms with Crippen LogP contribution in [0, 0.1) is 11.7 Å². The van der Waals surface area contributed by atoms with Crippen molar-refractivity contribution in [1.29, 1.82) is 0 Å². The molecule has 5 nitrogen and oxygen atoms in total. The molecule has 2 aliphatic heterocycles. The Kier molecular flexibility index (Phi) is 3.11. The Morgan fingerprint density at radius 1 is 1.29 bits per heavy atom. The average molecular weight is 287 g/mol. The van der Waals surface area contributed by atoms with Gasteiger partial charge in [0.1, 0.15) is 5.82 Å². The molecule has 1 aromatic heterocycles. The quantitative estimate of drug-likeness (QED) is 0.884. The maximum absolute atomic E-state index is 13.3. The number of nitrogens with one attached hydrogen (secondary N) is 2. The van der Waals surface area contributed by atoms with Crippen LogP contribution in [0.5, 0.6) is 0 Å². The SMILES string of the molecule is Fc1cccc(-c2nc(N3CC4CCCNC4C3)n[nH]2)c1. The van der Waals surface area contributed by atoms with Crippen LogP contribution in [0.25, 0.3) is 11.4 Å². The van der Waals surface area contributed by atoms with E-state index in [1.54, 1.807) is 6.07 Å². The summed E-state index contributed by atoms with van der Waals surface area (Å²) < 4.78 is 13.3. The van der Waals surface area contributed by atoms with Crippen LogP contribution in [-0.4, -0.2) is 40.9 Å². The van der Waals surface area contributed by atoms with E-state index >= 15 is 0 Å². The summed E-state index contributed by atoms with van der Waals surface area (Å²) in [4.78, 5) is 6.74. The number of benzene rings is 1. The molecule has 2 fully saturated rings. The molecule has 0 amide bonds. The second-order valence-corrected chi connectivity index (χ2v) is 5.86. The Morgan fingerprint density at radius 2 is 2.24 bits per heavy atom. The maximum Gasteiger partial charge on any atom is 0.245 e. The van der Waals surface area contributed by atoms with Gasteiger partial charge in [0.25, 0.3) is 0 Å². The summed E-state index contributed by atoms with van der Waals surface area (Å²) in [5, 5.41) is 10.8. The Bertz CT molecular complexity index is 626. The molecule has 0 aliphatic carbocycles. The van der Waals surface area contributed by atoms with Gasteiger partial charge in [-0.15, -0.1) is 5.10 Å². The van der Waals surface area contributed by atoms with Crippen molar-refractivity contribution < 1.29 is 4.39 Å². The van der Waals surface area contributed by atoms with Gasteiger partial charge in [-0.2, -0.15) is 4.98 Å². The van der Waals surface area contributed by atoms with Crippen LogP contribution in [-0.2, 0) is 0 Å². The molecule has 21 heavy (non-hydrogen) atoms. The highest BCUT2D eigenvalue weighted by Crippen LogP contribution is 2.28. The molecule has 2 atom stereocenters. The van der Waals surface area contributed by atoms with Gasteiger partial charge in [0.15, 0.2) is 5.82 Å². The molecular weight excluding hydrogens is 269 g/mol. The van der Waals surface area contributed by atoms with Crippen molar-refractivity contribution in [2.24, 2.45) is 5.92 Å². The van der Waals surface area contributed by atoms with Crippen molar-refractivity contribution in [3.63, 3.8) is 0 Å². The van der Waals surface area contributed by atoms with Gasteiger partial charge < -0.3 is 10.2 Å². The largest absolute Gasteiger partial charge is 0.338 e. The molecule has 1 aromatic carbocycles. The average Bonchev–Trinajstić information content (AvgIpc) is 3.14. The first-order valence-corrected chi connectivity index (χ1v) is 7.46. The van der Waals surface area contributed by atoms with E-state index in [1.807, 2.05) is 6.07 Å². The van der Waals surface area contributed by atoms with Gasteiger partial charge in [-0.1, -0.05) is 12.1 Å². The zero-order chi connectivity index (χ0) is 14.2. The summed E-state index contributed by atoms with van der Waals surface area (Å²) in [6.07, 6.45) is 2.52. The molecule has 110 valence electrons. The lowest BCUT2D eigenvalue weighted by atomic mass is 9.94. The summed E-state index contributed by atoms with van der Waals surface area (Å²) in [5.41, 5.74) is 0.725. The minimum absolute atomic E-state index is 0.262. The minimum Gasteiger partial charge on any atom is -0.338 e. The van der Waals surface area contributed by atoms with Crippen LogP contribution in [0.4, 0.5) is 10.3 Å². The van der Waals surface area contributed by atoms with E-state index in [2.05, 4.69) is 25.4 Å². The topological polar surface area (TPSA) is 56.8 Å². The highest BCUT2D eigenvalue weighted by molar-refractivity contribution is 5.56. The third-order valence-electron chi connectivity index (χ3n) is 4.45. The highest BCUT2D eigenvalue weighted by Gasteiger charge is 2.35. The summed E-state index contributed by atoms with van der Waals surface area (Å²) in [6.45, 7) is 3.06. The zero-order valence-corrected chi connectivity index (χ0v) is 11.7. The molecule has 2 unspecified atom stereocenters. The Labute approximate surface area is 122 Å². The molecule has 0 spiro atoms. The number of fused-ring (bicyclic) bond motifs is 1. The number of piperidine rings is 1. The standard InChI is InChI=1S/C15H18FN5/c16-12-5-1-3-10(7-12)14-18-15(20-19-14)21-8-11-4-2-6-17-13(11)9-21/h1,3,5,7,11,13,17H,2,4,6,8-9H2,(H,18,19,20). The highest BCUT2D eigenvalue weighted by atomic mass is 19.1. The van der Waals surface area contributed by atoms with Crippen molar-refractivity contribution >= 4 is 5.95 Å². The molecule has 0 saturated carbocycles. The lowest BCUT2D eigenvalue weighted by Crippen LogP contribution is -2.40. The fourth-order valence-corrected chi connectivity index (χ4v) is 3.37. The van der Waals surface area contributed by atoms with Crippen LogP contribution >= 0.6 is 0 Å². The Hall–Kier alpha value is -1.95. The van der Waals surface area contributed by atoms with E-state index in [4.69, 9.17) is 0 Å². The third kappa shape index (κ3) is 2.40. The molecule has 6 heteroatoms. The first-order chi connectivity index (χ1) is 10.3. The fraction of sp³-hybridized carbons (Fsp3) is 0.467. The number of hydrogen-bond donors (Lipinski definition) is 2. The monoisotopic (exact) mass is 287 g/mol. The number of aromatic amines is 1. The molecule has 0 radical (unpaired) electrons. The summed E-state index contributed by atoms with van der Waals surface area (Å²) in [7, 11) is 0. The van der Waals surface area contributed by atoms with Crippen LogP contribution in [0.3, 0.4) is 0 Å². The number of nitrogens with zero attached hydrogens (tertiary/aromatic N) is 3. The summed E-state index contributed by atoms with van der Waals surface area (Å²) in [5.74, 6) is 1.76. The van der Waals surface area contributed by atoms with E-state index in [9.17, 15) is 4.39 Å². The number of anilines is 1. The van der Waals surface area contributed by atoms with Crippen LogP contribution in [0.2, 0.25) is 0 Å². The lowest BCUT2D eigenvalue weighted by Gasteiger charge is -2.24. The minimum atomic E-state index is -0.262. The molecule has 2 aromatic rings. The zero-order valence-electron chi connectivity index (χ0n) is 11.7. The van der Waals surface area contributed by atoms with Crippen molar-refractivity contribution in [1.82, 2.24) is 20.5 Å². The van der Waals surface area contributed by atoms with E-state index in [-0.39, 0.29) is 5.82 Å². The van der Waals surface area contributed by atoms with E-state index < -0.39 is 0 Å². The van der Waals surface area contributed by atoms with Crippen LogP contribution in [0.1, 0.15) is 12.8 Å². The van der Waals surface area contributed by atoms with Gasteiger partial charge in [-0.05, 0) is 37.4 Å². The Balaban J connectivity index is 1.55.